The van der Waals surface area contributed by atoms with Gasteiger partial charge in [0.2, 0.25) is 0 Å². The Morgan fingerprint density at radius 1 is 0.714 bits per heavy atom. The van der Waals surface area contributed by atoms with Gasteiger partial charge in [-0.3, -0.25) is 0 Å². The molecule has 0 bridgehead atoms. The third-order valence-corrected chi connectivity index (χ3v) is 1.78. The summed E-state index contributed by atoms with van der Waals surface area (Å²) in [6.07, 6.45) is 1.39. The first kappa shape index (κ1) is 13.3. The van der Waals surface area contributed by atoms with Crippen molar-refractivity contribution in [1.29, 1.82) is 10.8 Å². The average Bonchev–Trinajstić information content (AvgIpc) is 1.78. The van der Waals surface area contributed by atoms with Crippen LogP contribution in [0.3, 0.4) is 0 Å². The van der Waals surface area contributed by atoms with Gasteiger partial charge in [-0.2, -0.15) is 0 Å². The third-order valence-electron chi connectivity index (χ3n) is 1.78. The van der Waals surface area contributed by atoms with Gasteiger partial charge in [-0.1, -0.05) is 41.5 Å². The average molecular weight is 196 g/mol. The second-order valence-electron chi connectivity index (χ2n) is 6.43. The van der Waals surface area contributed by atoms with Crippen LogP contribution in [0.15, 0.2) is 0 Å². The Hall–Kier alpha value is -0.660. The van der Waals surface area contributed by atoms with E-state index in [4.69, 9.17) is 10.8 Å². The van der Waals surface area contributed by atoms with E-state index >= 15 is 0 Å². The van der Waals surface area contributed by atoms with Crippen molar-refractivity contribution in [1.82, 2.24) is 0 Å². The fraction of sp³-hybridized carbons (Fsp3) is 0.833. The molecule has 0 rings (SSSR count). The van der Waals surface area contributed by atoms with Crippen molar-refractivity contribution in [3.63, 3.8) is 0 Å². The summed E-state index contributed by atoms with van der Waals surface area (Å²) >= 11 is 0. The molecule has 0 fully saturated rings. The summed E-state index contributed by atoms with van der Waals surface area (Å²) in [5.41, 5.74) is 1.21. The summed E-state index contributed by atoms with van der Waals surface area (Å²) in [7, 11) is 0. The second kappa shape index (κ2) is 4.24. The van der Waals surface area contributed by atoms with E-state index < -0.39 is 0 Å². The lowest BCUT2D eigenvalue weighted by molar-refractivity contribution is 0.425. The molecule has 0 saturated heterocycles. The van der Waals surface area contributed by atoms with Crippen molar-refractivity contribution in [2.45, 2.75) is 54.4 Å². The van der Waals surface area contributed by atoms with E-state index in [1.165, 1.54) is 0 Å². The first-order valence-electron chi connectivity index (χ1n) is 5.16. The molecule has 0 aliphatic carbocycles. The summed E-state index contributed by atoms with van der Waals surface area (Å²) in [6, 6.07) is 0. The molecule has 2 nitrogen and oxygen atoms in total. The van der Waals surface area contributed by atoms with Crippen molar-refractivity contribution < 1.29 is 0 Å². The third kappa shape index (κ3) is 6.81. The summed E-state index contributed by atoms with van der Waals surface area (Å²) in [5, 5.41) is 15.6. The van der Waals surface area contributed by atoms with Gasteiger partial charge in [0.1, 0.15) is 0 Å². The molecule has 0 atom stereocenters. The molecule has 0 aliphatic rings. The Kier molecular flexibility index (Phi) is 4.04. The highest BCUT2D eigenvalue weighted by Gasteiger charge is 2.20. The number of nitrogens with one attached hydrogen (secondary N) is 2. The topological polar surface area (TPSA) is 47.7 Å². The smallest absolute Gasteiger partial charge is 0.0526 e. The molecule has 0 aliphatic heterocycles. The molecule has 0 heterocycles. The Morgan fingerprint density at radius 2 is 0.929 bits per heavy atom. The van der Waals surface area contributed by atoms with E-state index in [0.29, 0.717) is 24.3 Å². The maximum absolute atomic E-state index is 7.81. The van der Waals surface area contributed by atoms with Gasteiger partial charge in [-0.25, -0.2) is 0 Å². The van der Waals surface area contributed by atoms with Crippen molar-refractivity contribution in [3.05, 3.63) is 0 Å². The van der Waals surface area contributed by atoms with Crippen LogP contribution >= 0.6 is 0 Å². The summed E-state index contributed by atoms with van der Waals surface area (Å²) in [6.45, 7) is 12.6. The summed E-state index contributed by atoms with van der Waals surface area (Å²) in [4.78, 5) is 0. The molecule has 14 heavy (non-hydrogen) atoms. The molecule has 2 heteroatoms. The first-order chi connectivity index (χ1) is 6.01. The van der Waals surface area contributed by atoms with Crippen LogP contribution in [0.25, 0.3) is 0 Å². The number of rotatable bonds is 3. The molecule has 0 aromatic carbocycles. The molecule has 2 N–H and O–H groups in total. The first-order valence-corrected chi connectivity index (χ1v) is 5.16. The monoisotopic (exact) mass is 196 g/mol. The highest BCUT2D eigenvalue weighted by molar-refractivity contribution is 6.40. The molecule has 0 spiro atoms. The zero-order valence-corrected chi connectivity index (χ0v) is 10.4. The molecular weight excluding hydrogens is 172 g/mol. The van der Waals surface area contributed by atoms with E-state index in [0.717, 1.165) is 0 Å². The molecule has 0 radical (unpaired) electrons. The molecule has 82 valence electrons. The van der Waals surface area contributed by atoms with Crippen LogP contribution in [0, 0.1) is 21.6 Å². The van der Waals surface area contributed by atoms with Crippen LogP contribution in [0.1, 0.15) is 54.4 Å². The van der Waals surface area contributed by atoms with E-state index in [1.54, 1.807) is 0 Å². The minimum Gasteiger partial charge on any atom is -0.303 e. The Morgan fingerprint density at radius 3 is 1.07 bits per heavy atom. The van der Waals surface area contributed by atoms with Crippen LogP contribution in [-0.4, -0.2) is 11.4 Å². The van der Waals surface area contributed by atoms with Gasteiger partial charge in [0.25, 0.3) is 0 Å². The number of hydrogen-bond donors (Lipinski definition) is 2. The maximum Gasteiger partial charge on any atom is 0.0526 e. The fourth-order valence-corrected chi connectivity index (χ4v) is 1.27. The lowest BCUT2D eigenvalue weighted by Gasteiger charge is -2.22. The van der Waals surface area contributed by atoms with Gasteiger partial charge < -0.3 is 10.8 Å². The lowest BCUT2D eigenvalue weighted by atomic mass is 9.83. The van der Waals surface area contributed by atoms with Gasteiger partial charge in [0, 0.05) is 0 Å². The van der Waals surface area contributed by atoms with Crippen molar-refractivity contribution in [2.75, 3.05) is 0 Å². The molecule has 0 unspecified atom stereocenters. The molecule has 0 aromatic rings. The van der Waals surface area contributed by atoms with Crippen molar-refractivity contribution >= 4 is 11.4 Å². The summed E-state index contributed by atoms with van der Waals surface area (Å²) in [5.74, 6) is 0. The molecule has 0 aromatic heterocycles. The molecule has 0 saturated carbocycles. The fourth-order valence-electron chi connectivity index (χ4n) is 1.27. The lowest BCUT2D eigenvalue weighted by Crippen LogP contribution is -2.23. The van der Waals surface area contributed by atoms with Gasteiger partial charge in [-0.15, -0.1) is 0 Å². The zero-order valence-electron chi connectivity index (χ0n) is 10.4. The normalized spacial score (nSPS) is 12.7. The van der Waals surface area contributed by atoms with E-state index in [9.17, 15) is 0 Å². The van der Waals surface area contributed by atoms with Gasteiger partial charge in [0.05, 0.1) is 11.4 Å². The predicted molar refractivity (Wildman–Crippen MR) is 63.6 cm³/mol. The standard InChI is InChI=1S/C12H24N2/c1-11(2,3)7-9(13)10(14)8-12(4,5)6/h13-14H,7-8H2,1-6H3. The molecular formula is C12H24N2. The highest BCUT2D eigenvalue weighted by atomic mass is 14.5. The van der Waals surface area contributed by atoms with Crippen molar-refractivity contribution in [2.24, 2.45) is 10.8 Å². The largest absolute Gasteiger partial charge is 0.303 e. The van der Waals surface area contributed by atoms with E-state index in [-0.39, 0.29) is 10.8 Å². The zero-order chi connectivity index (χ0) is 11.6. The van der Waals surface area contributed by atoms with Gasteiger partial charge in [-0.05, 0) is 23.7 Å². The summed E-state index contributed by atoms with van der Waals surface area (Å²) < 4.78 is 0. The Bertz CT molecular complexity index is 200. The van der Waals surface area contributed by atoms with E-state index in [1.807, 2.05) is 0 Å². The van der Waals surface area contributed by atoms with Crippen LogP contribution in [0.4, 0.5) is 0 Å². The van der Waals surface area contributed by atoms with Crippen molar-refractivity contribution in [3.8, 4) is 0 Å². The molecule has 0 amide bonds. The SMILES string of the molecule is CC(C)(C)CC(=N)C(=N)CC(C)(C)C. The quantitative estimate of drug-likeness (QED) is 0.643. The predicted octanol–water partition coefficient (Wildman–Crippen LogP) is 3.90. The second-order valence-corrected chi connectivity index (χ2v) is 6.43. The van der Waals surface area contributed by atoms with Gasteiger partial charge in [0.15, 0.2) is 0 Å². The van der Waals surface area contributed by atoms with E-state index in [2.05, 4.69) is 41.5 Å². The Labute approximate surface area is 88.1 Å². The van der Waals surface area contributed by atoms with Gasteiger partial charge >= 0.3 is 0 Å². The maximum atomic E-state index is 7.81. The van der Waals surface area contributed by atoms with Crippen LogP contribution in [0.5, 0.6) is 0 Å². The minimum absolute atomic E-state index is 0.112. The van der Waals surface area contributed by atoms with Crippen LogP contribution < -0.4 is 0 Å². The highest BCUT2D eigenvalue weighted by Crippen LogP contribution is 2.23. The van der Waals surface area contributed by atoms with Crippen LogP contribution in [-0.2, 0) is 0 Å². The van der Waals surface area contributed by atoms with Crippen LogP contribution in [0.2, 0.25) is 0 Å². The minimum atomic E-state index is 0.112. The number of hydrogen-bond acceptors (Lipinski definition) is 2. The Balaban J connectivity index is 4.22.